The lowest BCUT2D eigenvalue weighted by Crippen LogP contribution is -2.27. The maximum absolute atomic E-state index is 12.3. The van der Waals surface area contributed by atoms with Crippen molar-refractivity contribution in [3.05, 3.63) is 53.0 Å². The first-order valence-corrected chi connectivity index (χ1v) is 8.65. The molecular formula is C20H24N2O6. The third kappa shape index (κ3) is 5.87. The zero-order chi connectivity index (χ0) is 20.9. The van der Waals surface area contributed by atoms with Gasteiger partial charge in [0.25, 0.3) is 5.91 Å². The Balaban J connectivity index is 1.93. The summed E-state index contributed by atoms with van der Waals surface area (Å²) in [5.74, 6) is 0.0486. The van der Waals surface area contributed by atoms with E-state index in [9.17, 15) is 14.4 Å². The minimum absolute atomic E-state index is 0.120. The SMILES string of the molecule is COC(=O)c1cc(CNC(=O)c2ccc(NC(=O)OC(C)(C)C)cc2)oc1C. The lowest BCUT2D eigenvalue weighted by molar-refractivity contribution is 0.0596. The Bertz CT molecular complexity index is 862. The highest BCUT2D eigenvalue weighted by Gasteiger charge is 2.17. The van der Waals surface area contributed by atoms with Crippen LogP contribution in [0.3, 0.4) is 0 Å². The third-order valence-electron chi connectivity index (χ3n) is 3.59. The molecule has 1 heterocycles. The number of carbonyl (C=O) groups is 3. The fourth-order valence-corrected chi connectivity index (χ4v) is 2.34. The maximum atomic E-state index is 12.3. The van der Waals surface area contributed by atoms with E-state index in [0.29, 0.717) is 28.3 Å². The van der Waals surface area contributed by atoms with Crippen molar-refractivity contribution in [2.24, 2.45) is 0 Å². The van der Waals surface area contributed by atoms with Crippen molar-refractivity contribution in [2.45, 2.75) is 39.8 Å². The van der Waals surface area contributed by atoms with Crippen molar-refractivity contribution in [3.63, 3.8) is 0 Å². The number of rotatable bonds is 5. The zero-order valence-corrected chi connectivity index (χ0v) is 16.5. The summed E-state index contributed by atoms with van der Waals surface area (Å²) in [5.41, 5.74) is 0.646. The van der Waals surface area contributed by atoms with Crippen molar-refractivity contribution < 1.29 is 28.3 Å². The average molecular weight is 388 g/mol. The minimum Gasteiger partial charge on any atom is -0.465 e. The molecule has 0 atom stereocenters. The van der Waals surface area contributed by atoms with Gasteiger partial charge in [0.05, 0.1) is 13.7 Å². The minimum atomic E-state index is -0.595. The van der Waals surface area contributed by atoms with Crippen LogP contribution in [0.2, 0.25) is 0 Å². The first-order chi connectivity index (χ1) is 13.1. The normalized spacial score (nSPS) is 10.9. The number of hydrogen-bond acceptors (Lipinski definition) is 6. The van der Waals surface area contributed by atoms with Gasteiger partial charge in [-0.3, -0.25) is 10.1 Å². The lowest BCUT2D eigenvalue weighted by atomic mass is 10.2. The summed E-state index contributed by atoms with van der Waals surface area (Å²) in [4.78, 5) is 35.6. The molecule has 28 heavy (non-hydrogen) atoms. The first kappa shape index (κ1) is 21.0. The molecule has 0 unspecified atom stereocenters. The van der Waals surface area contributed by atoms with E-state index >= 15 is 0 Å². The van der Waals surface area contributed by atoms with E-state index in [1.54, 1.807) is 52.0 Å². The van der Waals surface area contributed by atoms with Crippen LogP contribution >= 0.6 is 0 Å². The van der Waals surface area contributed by atoms with Crippen LogP contribution in [-0.2, 0) is 16.0 Å². The number of methoxy groups -OCH3 is 1. The molecule has 150 valence electrons. The highest BCUT2D eigenvalue weighted by atomic mass is 16.6. The van der Waals surface area contributed by atoms with E-state index in [2.05, 4.69) is 15.4 Å². The van der Waals surface area contributed by atoms with E-state index in [1.807, 2.05) is 0 Å². The predicted octanol–water partition coefficient (Wildman–Crippen LogP) is 3.65. The quantitative estimate of drug-likeness (QED) is 0.757. The Kier molecular flexibility index (Phi) is 6.45. The molecule has 0 saturated carbocycles. The van der Waals surface area contributed by atoms with Gasteiger partial charge in [-0.25, -0.2) is 9.59 Å². The monoisotopic (exact) mass is 388 g/mol. The second kappa shape index (κ2) is 8.60. The summed E-state index contributed by atoms with van der Waals surface area (Å²) in [6.45, 7) is 7.08. The van der Waals surface area contributed by atoms with Gasteiger partial charge in [-0.2, -0.15) is 0 Å². The van der Waals surface area contributed by atoms with Crippen molar-refractivity contribution in [3.8, 4) is 0 Å². The summed E-state index contributed by atoms with van der Waals surface area (Å²) < 4.78 is 15.3. The molecule has 0 aliphatic rings. The number of furan rings is 1. The molecule has 8 nitrogen and oxygen atoms in total. The Morgan fingerprint density at radius 2 is 1.75 bits per heavy atom. The molecule has 0 aliphatic carbocycles. The van der Waals surface area contributed by atoms with Crippen LogP contribution in [0, 0.1) is 6.92 Å². The number of anilines is 1. The van der Waals surface area contributed by atoms with Gasteiger partial charge in [0.2, 0.25) is 0 Å². The molecule has 1 aromatic heterocycles. The molecule has 0 aliphatic heterocycles. The number of aryl methyl sites for hydroxylation is 1. The van der Waals surface area contributed by atoms with Crippen LogP contribution in [-0.4, -0.2) is 30.7 Å². The van der Waals surface area contributed by atoms with Crippen molar-refractivity contribution in [1.29, 1.82) is 0 Å². The maximum Gasteiger partial charge on any atom is 0.412 e. The Hall–Kier alpha value is -3.29. The van der Waals surface area contributed by atoms with Gasteiger partial charge in [0.1, 0.15) is 22.7 Å². The number of benzene rings is 1. The fourth-order valence-electron chi connectivity index (χ4n) is 2.34. The van der Waals surface area contributed by atoms with Gasteiger partial charge in [-0.05, 0) is 58.0 Å². The number of ether oxygens (including phenoxy) is 2. The molecule has 2 rings (SSSR count). The molecule has 2 N–H and O–H groups in total. The summed E-state index contributed by atoms with van der Waals surface area (Å²) >= 11 is 0. The second-order valence-corrected chi connectivity index (χ2v) is 7.06. The van der Waals surface area contributed by atoms with Gasteiger partial charge >= 0.3 is 12.1 Å². The van der Waals surface area contributed by atoms with Crippen LogP contribution in [0.1, 0.15) is 53.0 Å². The van der Waals surface area contributed by atoms with Crippen molar-refractivity contribution >= 4 is 23.7 Å². The van der Waals surface area contributed by atoms with Crippen LogP contribution in [0.5, 0.6) is 0 Å². The summed E-state index contributed by atoms with van der Waals surface area (Å²) in [5, 5.41) is 5.30. The molecule has 2 aromatic rings. The topological polar surface area (TPSA) is 107 Å². The second-order valence-electron chi connectivity index (χ2n) is 7.06. The fraction of sp³-hybridized carbons (Fsp3) is 0.350. The van der Waals surface area contributed by atoms with Gasteiger partial charge in [0, 0.05) is 11.3 Å². The van der Waals surface area contributed by atoms with Crippen LogP contribution in [0.15, 0.2) is 34.7 Å². The van der Waals surface area contributed by atoms with E-state index in [4.69, 9.17) is 9.15 Å². The Morgan fingerprint density at radius 3 is 2.32 bits per heavy atom. The molecular weight excluding hydrogens is 364 g/mol. The largest absolute Gasteiger partial charge is 0.465 e. The Labute approximate surface area is 163 Å². The van der Waals surface area contributed by atoms with E-state index < -0.39 is 17.7 Å². The van der Waals surface area contributed by atoms with E-state index in [0.717, 1.165) is 0 Å². The summed E-state index contributed by atoms with van der Waals surface area (Å²) in [6, 6.07) is 7.90. The van der Waals surface area contributed by atoms with Gasteiger partial charge in [-0.1, -0.05) is 0 Å². The van der Waals surface area contributed by atoms with Crippen molar-refractivity contribution in [2.75, 3.05) is 12.4 Å². The van der Waals surface area contributed by atoms with E-state index in [-0.39, 0.29) is 12.5 Å². The predicted molar refractivity (Wildman–Crippen MR) is 102 cm³/mol. The molecule has 0 bridgehead atoms. The summed E-state index contributed by atoms with van der Waals surface area (Å²) in [7, 11) is 1.29. The smallest absolute Gasteiger partial charge is 0.412 e. The summed E-state index contributed by atoms with van der Waals surface area (Å²) in [6.07, 6.45) is -0.570. The molecule has 0 saturated heterocycles. The molecule has 1 aromatic carbocycles. The number of amides is 2. The number of carbonyl (C=O) groups excluding carboxylic acids is 3. The first-order valence-electron chi connectivity index (χ1n) is 8.65. The lowest BCUT2D eigenvalue weighted by Gasteiger charge is -2.19. The molecule has 0 spiro atoms. The van der Waals surface area contributed by atoms with Gasteiger partial charge in [-0.15, -0.1) is 0 Å². The van der Waals surface area contributed by atoms with Crippen molar-refractivity contribution in [1.82, 2.24) is 5.32 Å². The van der Waals surface area contributed by atoms with E-state index in [1.165, 1.54) is 13.2 Å². The average Bonchev–Trinajstić information content (AvgIpc) is 2.98. The number of esters is 1. The highest BCUT2D eigenvalue weighted by Crippen LogP contribution is 2.16. The molecule has 0 radical (unpaired) electrons. The third-order valence-corrected chi connectivity index (χ3v) is 3.59. The molecule has 0 fully saturated rings. The van der Waals surface area contributed by atoms with Crippen LogP contribution in [0.4, 0.5) is 10.5 Å². The number of hydrogen-bond donors (Lipinski definition) is 2. The molecule has 2 amide bonds. The van der Waals surface area contributed by atoms with Gasteiger partial charge < -0.3 is 19.2 Å². The highest BCUT2D eigenvalue weighted by molar-refractivity contribution is 5.95. The van der Waals surface area contributed by atoms with Crippen LogP contribution in [0.25, 0.3) is 0 Å². The Morgan fingerprint density at radius 1 is 1.11 bits per heavy atom. The molecule has 8 heteroatoms. The zero-order valence-electron chi connectivity index (χ0n) is 16.5. The van der Waals surface area contributed by atoms with Crippen LogP contribution < -0.4 is 10.6 Å². The van der Waals surface area contributed by atoms with Gasteiger partial charge in [0.15, 0.2) is 0 Å². The number of nitrogens with one attached hydrogen (secondary N) is 2. The standard InChI is InChI=1S/C20H24N2O6/c1-12-16(18(24)26-5)10-15(27-12)11-21-17(23)13-6-8-14(9-7-13)22-19(25)28-20(2,3)4/h6-10H,11H2,1-5H3,(H,21,23)(H,22,25).